The molecule has 0 radical (unpaired) electrons. The Morgan fingerprint density at radius 2 is 1.83 bits per heavy atom. The van der Waals surface area contributed by atoms with Crippen LogP contribution in [0.3, 0.4) is 0 Å². The van der Waals surface area contributed by atoms with Crippen molar-refractivity contribution in [1.29, 1.82) is 0 Å². The van der Waals surface area contributed by atoms with Gasteiger partial charge in [0.05, 0.1) is 20.8 Å². The van der Waals surface area contributed by atoms with Crippen LogP contribution < -0.4 is 9.47 Å². The maximum absolute atomic E-state index is 13.3. The number of nitrogens with zero attached hydrogens (tertiary/aromatic N) is 1. The summed E-state index contributed by atoms with van der Waals surface area (Å²) < 4.78 is 17.0. The summed E-state index contributed by atoms with van der Waals surface area (Å²) in [6.07, 6.45) is 1.10. The van der Waals surface area contributed by atoms with Gasteiger partial charge in [-0.1, -0.05) is 29.8 Å². The first kappa shape index (κ1) is 22.5. The number of hydrogen-bond donors (Lipinski definition) is 0. The molecular formula is C23H28BrNO5. The Balaban J connectivity index is 2.25. The third kappa shape index (κ3) is 4.04. The van der Waals surface area contributed by atoms with Crippen molar-refractivity contribution >= 4 is 33.4 Å². The molecule has 1 aliphatic heterocycles. The highest BCUT2D eigenvalue weighted by molar-refractivity contribution is 9.10. The summed E-state index contributed by atoms with van der Waals surface area (Å²) in [6.45, 7) is 8.00. The fourth-order valence-corrected chi connectivity index (χ4v) is 5.00. The van der Waals surface area contributed by atoms with E-state index in [4.69, 9.17) is 19.2 Å². The van der Waals surface area contributed by atoms with Crippen LogP contribution in [0.1, 0.15) is 52.0 Å². The van der Waals surface area contributed by atoms with Gasteiger partial charge in [-0.15, -0.1) is 0 Å². The van der Waals surface area contributed by atoms with Crippen molar-refractivity contribution in [3.63, 3.8) is 0 Å². The predicted molar refractivity (Wildman–Crippen MR) is 118 cm³/mol. The second kappa shape index (κ2) is 8.53. The number of hydrogen-bond acceptors (Lipinski definition) is 6. The minimum absolute atomic E-state index is 0.0264. The van der Waals surface area contributed by atoms with Gasteiger partial charge in [0.1, 0.15) is 5.92 Å². The minimum atomic E-state index is -0.678. The molecule has 0 fully saturated rings. The number of esters is 1. The van der Waals surface area contributed by atoms with Gasteiger partial charge in [-0.25, -0.2) is 0 Å². The Labute approximate surface area is 185 Å². The molecule has 0 spiro atoms. The maximum Gasteiger partial charge on any atom is 0.315 e. The number of ether oxygens (including phenoxy) is 3. The third-order valence-electron chi connectivity index (χ3n) is 5.68. The molecule has 0 N–H and O–H groups in total. The first-order valence-corrected chi connectivity index (χ1v) is 10.8. The van der Waals surface area contributed by atoms with Crippen LogP contribution in [-0.2, 0) is 14.3 Å². The SMILES string of the molecule is CCOC(=O)C1C(C)=NC2=C(C(=O)CC(C)(C)C2)[C@@H]1c1cc(OC)c(OC)cc1Br. The summed E-state index contributed by atoms with van der Waals surface area (Å²) in [7, 11) is 3.13. The van der Waals surface area contributed by atoms with Crippen LogP contribution in [0.25, 0.3) is 0 Å². The quantitative estimate of drug-likeness (QED) is 0.566. The van der Waals surface area contributed by atoms with Gasteiger partial charge >= 0.3 is 5.97 Å². The molecule has 1 aliphatic carbocycles. The number of allylic oxidation sites excluding steroid dienone is 2. The maximum atomic E-state index is 13.3. The number of rotatable bonds is 5. The van der Waals surface area contributed by atoms with Crippen LogP contribution in [0.5, 0.6) is 11.5 Å². The summed E-state index contributed by atoms with van der Waals surface area (Å²) in [6, 6.07) is 3.63. The summed E-state index contributed by atoms with van der Waals surface area (Å²) in [5.41, 5.74) is 2.63. The van der Waals surface area contributed by atoms with E-state index in [1.54, 1.807) is 27.2 Å². The summed E-state index contributed by atoms with van der Waals surface area (Å²) >= 11 is 3.62. The van der Waals surface area contributed by atoms with E-state index in [0.29, 0.717) is 35.6 Å². The average Bonchev–Trinajstić information content (AvgIpc) is 2.65. The Kier molecular flexibility index (Phi) is 6.41. The Morgan fingerprint density at radius 3 is 2.43 bits per heavy atom. The topological polar surface area (TPSA) is 74.2 Å². The molecule has 6 nitrogen and oxygen atoms in total. The first-order valence-electron chi connectivity index (χ1n) is 10.0. The van der Waals surface area contributed by atoms with Gasteiger partial charge in [-0.2, -0.15) is 0 Å². The zero-order valence-electron chi connectivity index (χ0n) is 18.3. The standard InChI is InChI=1S/C23H28BrNO5/c1-7-30-22(27)19-12(2)25-15-10-23(3,4)11-16(26)21(15)20(19)13-8-17(28-5)18(29-6)9-14(13)24/h8-9,19-20H,7,10-11H2,1-6H3/t19?,20-/m1/s1. The number of aliphatic imine (C=N–C) groups is 1. The second-order valence-electron chi connectivity index (χ2n) is 8.49. The van der Waals surface area contributed by atoms with Crippen LogP contribution in [0, 0.1) is 11.3 Å². The fourth-order valence-electron chi connectivity index (χ4n) is 4.43. The molecule has 1 aromatic carbocycles. The molecule has 0 amide bonds. The van der Waals surface area contributed by atoms with Crippen molar-refractivity contribution in [3.8, 4) is 11.5 Å². The van der Waals surface area contributed by atoms with Gasteiger partial charge in [0, 0.05) is 33.8 Å². The molecule has 0 saturated heterocycles. The molecule has 1 aromatic rings. The molecule has 30 heavy (non-hydrogen) atoms. The smallest absolute Gasteiger partial charge is 0.315 e. The number of carbonyl (C=O) groups excluding carboxylic acids is 2. The molecule has 0 bridgehead atoms. The molecule has 0 aromatic heterocycles. The fraction of sp³-hybridized carbons (Fsp3) is 0.522. The van der Waals surface area contributed by atoms with Crippen LogP contribution in [0.4, 0.5) is 0 Å². The largest absolute Gasteiger partial charge is 0.493 e. The number of ketones is 1. The zero-order valence-corrected chi connectivity index (χ0v) is 19.9. The van der Waals surface area contributed by atoms with Crippen molar-refractivity contribution in [3.05, 3.63) is 33.4 Å². The highest BCUT2D eigenvalue weighted by atomic mass is 79.9. The Morgan fingerprint density at radius 1 is 1.20 bits per heavy atom. The molecule has 162 valence electrons. The van der Waals surface area contributed by atoms with Crippen LogP contribution >= 0.6 is 15.9 Å². The molecule has 1 unspecified atom stereocenters. The lowest BCUT2D eigenvalue weighted by molar-refractivity contribution is -0.146. The molecule has 2 aliphatic rings. The Bertz CT molecular complexity index is 947. The molecule has 3 rings (SSSR count). The van der Waals surface area contributed by atoms with Crippen molar-refractivity contribution < 1.29 is 23.8 Å². The van der Waals surface area contributed by atoms with E-state index in [2.05, 4.69) is 29.8 Å². The van der Waals surface area contributed by atoms with E-state index in [1.165, 1.54) is 0 Å². The second-order valence-corrected chi connectivity index (χ2v) is 9.34. The van der Waals surface area contributed by atoms with Gasteiger partial charge in [0.25, 0.3) is 0 Å². The molecule has 2 atom stereocenters. The van der Waals surface area contributed by atoms with E-state index >= 15 is 0 Å². The van der Waals surface area contributed by atoms with E-state index in [0.717, 1.165) is 15.7 Å². The van der Waals surface area contributed by atoms with Gasteiger partial charge in [-0.3, -0.25) is 14.6 Å². The minimum Gasteiger partial charge on any atom is -0.493 e. The van der Waals surface area contributed by atoms with Gasteiger partial charge in [0.15, 0.2) is 17.3 Å². The number of halogens is 1. The van der Waals surface area contributed by atoms with Gasteiger partial charge in [-0.05, 0) is 43.4 Å². The summed E-state index contributed by atoms with van der Waals surface area (Å²) in [4.78, 5) is 31.0. The molecular weight excluding hydrogens is 450 g/mol. The lowest BCUT2D eigenvalue weighted by Crippen LogP contribution is -2.39. The Hall–Kier alpha value is -2.15. The van der Waals surface area contributed by atoms with E-state index in [1.807, 2.05) is 13.0 Å². The van der Waals surface area contributed by atoms with Crippen molar-refractivity contribution in [1.82, 2.24) is 0 Å². The van der Waals surface area contributed by atoms with E-state index < -0.39 is 11.8 Å². The summed E-state index contributed by atoms with van der Waals surface area (Å²) in [5.74, 6) is -0.442. The van der Waals surface area contributed by atoms with Gasteiger partial charge in [0.2, 0.25) is 0 Å². The predicted octanol–water partition coefficient (Wildman–Crippen LogP) is 4.85. The number of carbonyl (C=O) groups is 2. The van der Waals surface area contributed by atoms with Crippen molar-refractivity contribution in [2.75, 3.05) is 20.8 Å². The number of Topliss-reactive ketones (excluding diaryl/α,β-unsaturated/α-hetero) is 1. The monoisotopic (exact) mass is 477 g/mol. The van der Waals surface area contributed by atoms with Gasteiger partial charge < -0.3 is 14.2 Å². The molecule has 0 saturated carbocycles. The van der Waals surface area contributed by atoms with E-state index in [-0.39, 0.29) is 23.8 Å². The van der Waals surface area contributed by atoms with Crippen LogP contribution in [0.15, 0.2) is 32.9 Å². The first-order chi connectivity index (χ1) is 14.1. The van der Waals surface area contributed by atoms with Crippen molar-refractivity contribution in [2.45, 2.75) is 46.5 Å². The highest BCUT2D eigenvalue weighted by Gasteiger charge is 2.46. The zero-order chi connectivity index (χ0) is 22.2. The normalized spacial score (nSPS) is 22.9. The molecule has 7 heteroatoms. The third-order valence-corrected chi connectivity index (χ3v) is 6.37. The lowest BCUT2D eigenvalue weighted by Gasteiger charge is -2.39. The van der Waals surface area contributed by atoms with E-state index in [9.17, 15) is 9.59 Å². The average molecular weight is 478 g/mol. The van der Waals surface area contributed by atoms with Crippen LogP contribution in [-0.4, -0.2) is 38.3 Å². The highest BCUT2D eigenvalue weighted by Crippen LogP contribution is 2.50. The number of benzene rings is 1. The molecule has 1 heterocycles. The summed E-state index contributed by atoms with van der Waals surface area (Å²) in [5, 5.41) is 0. The lowest BCUT2D eigenvalue weighted by atomic mass is 9.67. The number of methoxy groups -OCH3 is 2. The van der Waals surface area contributed by atoms with Crippen LogP contribution in [0.2, 0.25) is 0 Å². The van der Waals surface area contributed by atoms with Crippen molar-refractivity contribution in [2.24, 2.45) is 16.3 Å².